The van der Waals surface area contributed by atoms with Crippen LogP contribution in [0.5, 0.6) is 5.88 Å². The van der Waals surface area contributed by atoms with Crippen molar-refractivity contribution in [3.05, 3.63) is 12.3 Å². The van der Waals surface area contributed by atoms with Gasteiger partial charge in [0, 0.05) is 45.0 Å². The van der Waals surface area contributed by atoms with Crippen LogP contribution in [-0.4, -0.2) is 56.0 Å². The van der Waals surface area contributed by atoms with Crippen molar-refractivity contribution in [1.82, 2.24) is 15.3 Å². The van der Waals surface area contributed by atoms with Crippen molar-refractivity contribution in [3.8, 4) is 5.88 Å². The van der Waals surface area contributed by atoms with Crippen LogP contribution in [0.25, 0.3) is 0 Å². The summed E-state index contributed by atoms with van der Waals surface area (Å²) in [5, 5.41) is 3.41. The van der Waals surface area contributed by atoms with Gasteiger partial charge in [-0.2, -0.15) is 4.98 Å². The molecule has 0 saturated carbocycles. The Labute approximate surface area is 120 Å². The van der Waals surface area contributed by atoms with Gasteiger partial charge in [0.2, 0.25) is 11.8 Å². The molecule has 1 fully saturated rings. The van der Waals surface area contributed by atoms with Gasteiger partial charge in [-0.1, -0.05) is 0 Å². The Hall–Kier alpha value is -1.40. The van der Waals surface area contributed by atoms with Gasteiger partial charge in [-0.25, -0.2) is 4.98 Å². The van der Waals surface area contributed by atoms with E-state index in [2.05, 4.69) is 20.2 Å². The maximum atomic E-state index is 5.44. The van der Waals surface area contributed by atoms with Crippen molar-refractivity contribution in [3.63, 3.8) is 0 Å². The lowest BCUT2D eigenvalue weighted by atomic mass is 10.2. The van der Waals surface area contributed by atoms with Crippen LogP contribution in [0.2, 0.25) is 0 Å². The Balaban J connectivity index is 1.93. The third-order valence-corrected chi connectivity index (χ3v) is 3.41. The highest BCUT2D eigenvalue weighted by atomic mass is 16.5. The molecule has 6 nitrogen and oxygen atoms in total. The first-order chi connectivity index (χ1) is 9.85. The normalized spacial score (nSPS) is 18.5. The van der Waals surface area contributed by atoms with E-state index in [1.807, 2.05) is 6.92 Å². The van der Waals surface area contributed by atoms with E-state index in [-0.39, 0.29) is 0 Å². The molecular weight excluding hydrogens is 256 g/mol. The Bertz CT molecular complexity index is 403. The molecular formula is C14H24N4O2. The maximum absolute atomic E-state index is 5.44. The molecule has 20 heavy (non-hydrogen) atoms. The van der Waals surface area contributed by atoms with Gasteiger partial charge in [-0.15, -0.1) is 0 Å². The van der Waals surface area contributed by atoms with Gasteiger partial charge < -0.3 is 19.7 Å². The van der Waals surface area contributed by atoms with Crippen LogP contribution < -0.4 is 15.0 Å². The first-order valence-electron chi connectivity index (χ1n) is 7.27. The predicted molar refractivity (Wildman–Crippen MR) is 78.3 cm³/mol. The highest BCUT2D eigenvalue weighted by Crippen LogP contribution is 2.23. The van der Waals surface area contributed by atoms with Crippen LogP contribution in [0.3, 0.4) is 0 Å². The fourth-order valence-electron chi connectivity index (χ4n) is 2.45. The average molecular weight is 280 g/mol. The molecule has 2 rings (SSSR count). The number of ether oxygens (including phenoxy) is 2. The second-order valence-corrected chi connectivity index (χ2v) is 4.81. The third-order valence-electron chi connectivity index (χ3n) is 3.41. The average Bonchev–Trinajstić information content (AvgIpc) is 2.93. The summed E-state index contributed by atoms with van der Waals surface area (Å²) < 4.78 is 10.5. The topological polar surface area (TPSA) is 59.5 Å². The first kappa shape index (κ1) is 15.0. The summed E-state index contributed by atoms with van der Waals surface area (Å²) >= 11 is 0. The fraction of sp³-hybridized carbons (Fsp3) is 0.714. The van der Waals surface area contributed by atoms with Crippen LogP contribution in [0.4, 0.5) is 5.95 Å². The van der Waals surface area contributed by atoms with Gasteiger partial charge in [0.25, 0.3) is 0 Å². The minimum Gasteiger partial charge on any atom is -0.478 e. The Kier molecular flexibility index (Phi) is 6.01. The summed E-state index contributed by atoms with van der Waals surface area (Å²) in [6.45, 7) is 6.14. The zero-order valence-electron chi connectivity index (χ0n) is 12.3. The molecule has 0 amide bonds. The summed E-state index contributed by atoms with van der Waals surface area (Å²) in [7, 11) is 1.72. The molecule has 2 heterocycles. The summed E-state index contributed by atoms with van der Waals surface area (Å²) in [6.07, 6.45) is 4.11. The Morgan fingerprint density at radius 1 is 1.50 bits per heavy atom. The molecule has 1 N–H and O–H groups in total. The standard InChI is InChI=1S/C14H24N4O2/c1-3-20-13-6-7-16-14(17-13)18-9-4-5-12(18)11-15-8-10-19-2/h6-7,12,15H,3-5,8-11H2,1-2H3. The number of hydrogen-bond acceptors (Lipinski definition) is 6. The van der Waals surface area contributed by atoms with Crippen molar-refractivity contribution in [2.24, 2.45) is 0 Å². The van der Waals surface area contributed by atoms with E-state index in [0.29, 0.717) is 18.5 Å². The van der Waals surface area contributed by atoms with E-state index in [9.17, 15) is 0 Å². The van der Waals surface area contributed by atoms with Crippen LogP contribution in [-0.2, 0) is 4.74 Å². The zero-order valence-corrected chi connectivity index (χ0v) is 12.3. The Morgan fingerprint density at radius 3 is 3.20 bits per heavy atom. The monoisotopic (exact) mass is 280 g/mol. The molecule has 112 valence electrons. The van der Waals surface area contributed by atoms with Gasteiger partial charge in [0.1, 0.15) is 0 Å². The second-order valence-electron chi connectivity index (χ2n) is 4.81. The van der Waals surface area contributed by atoms with Crippen molar-refractivity contribution in [2.45, 2.75) is 25.8 Å². The fourth-order valence-corrected chi connectivity index (χ4v) is 2.45. The highest BCUT2D eigenvalue weighted by molar-refractivity contribution is 5.35. The van der Waals surface area contributed by atoms with E-state index < -0.39 is 0 Å². The van der Waals surface area contributed by atoms with Crippen molar-refractivity contribution < 1.29 is 9.47 Å². The molecule has 1 aromatic rings. The summed E-state index contributed by atoms with van der Waals surface area (Å²) in [5.74, 6) is 1.42. The number of rotatable bonds is 8. The number of anilines is 1. The zero-order chi connectivity index (χ0) is 14.2. The largest absolute Gasteiger partial charge is 0.478 e. The van der Waals surface area contributed by atoms with E-state index in [1.165, 1.54) is 12.8 Å². The van der Waals surface area contributed by atoms with Crippen LogP contribution in [0.1, 0.15) is 19.8 Å². The molecule has 1 unspecified atom stereocenters. The lowest BCUT2D eigenvalue weighted by molar-refractivity contribution is 0.199. The lowest BCUT2D eigenvalue weighted by Gasteiger charge is -2.25. The van der Waals surface area contributed by atoms with Gasteiger partial charge in [0.05, 0.1) is 13.2 Å². The summed E-state index contributed by atoms with van der Waals surface area (Å²) in [5.41, 5.74) is 0. The molecule has 1 aliphatic heterocycles. The first-order valence-corrected chi connectivity index (χ1v) is 7.27. The summed E-state index contributed by atoms with van der Waals surface area (Å²) in [4.78, 5) is 11.1. The van der Waals surface area contributed by atoms with E-state index >= 15 is 0 Å². The van der Waals surface area contributed by atoms with E-state index in [1.54, 1.807) is 19.4 Å². The number of aromatic nitrogens is 2. The molecule has 0 bridgehead atoms. The molecule has 1 atom stereocenters. The number of hydrogen-bond donors (Lipinski definition) is 1. The van der Waals surface area contributed by atoms with Gasteiger partial charge in [-0.05, 0) is 19.8 Å². The quantitative estimate of drug-likeness (QED) is 0.719. The molecule has 1 saturated heterocycles. The number of nitrogens with zero attached hydrogens (tertiary/aromatic N) is 3. The summed E-state index contributed by atoms with van der Waals surface area (Å²) in [6, 6.07) is 2.25. The van der Waals surface area contributed by atoms with Crippen molar-refractivity contribution in [2.75, 3.05) is 44.9 Å². The SMILES string of the molecule is CCOc1ccnc(N2CCCC2CNCCOC)n1. The van der Waals surface area contributed by atoms with Gasteiger partial charge in [-0.3, -0.25) is 0 Å². The Morgan fingerprint density at radius 2 is 2.40 bits per heavy atom. The second kappa shape index (κ2) is 8.01. The number of methoxy groups -OCH3 is 1. The predicted octanol–water partition coefficient (Wildman–Crippen LogP) is 1.08. The number of nitrogens with one attached hydrogen (secondary N) is 1. The molecule has 0 spiro atoms. The van der Waals surface area contributed by atoms with Gasteiger partial charge >= 0.3 is 0 Å². The smallest absolute Gasteiger partial charge is 0.228 e. The molecule has 0 aromatic carbocycles. The van der Waals surface area contributed by atoms with E-state index in [0.717, 1.165) is 32.2 Å². The third kappa shape index (κ3) is 4.05. The lowest BCUT2D eigenvalue weighted by Crippen LogP contribution is -2.39. The highest BCUT2D eigenvalue weighted by Gasteiger charge is 2.26. The van der Waals surface area contributed by atoms with E-state index in [4.69, 9.17) is 9.47 Å². The van der Waals surface area contributed by atoms with Crippen LogP contribution >= 0.6 is 0 Å². The molecule has 1 aliphatic rings. The molecule has 6 heteroatoms. The molecule has 0 radical (unpaired) electrons. The molecule has 0 aliphatic carbocycles. The minimum atomic E-state index is 0.448. The van der Waals surface area contributed by atoms with Crippen molar-refractivity contribution >= 4 is 5.95 Å². The minimum absolute atomic E-state index is 0.448. The van der Waals surface area contributed by atoms with Crippen LogP contribution in [0, 0.1) is 0 Å². The van der Waals surface area contributed by atoms with Crippen molar-refractivity contribution in [1.29, 1.82) is 0 Å². The van der Waals surface area contributed by atoms with Gasteiger partial charge in [0.15, 0.2) is 0 Å². The maximum Gasteiger partial charge on any atom is 0.228 e. The van der Waals surface area contributed by atoms with Crippen LogP contribution in [0.15, 0.2) is 12.3 Å². The molecule has 1 aromatic heterocycles.